The Labute approximate surface area is 312 Å². The quantitative estimate of drug-likeness (QED) is 0.163. The summed E-state index contributed by atoms with van der Waals surface area (Å²) in [5, 5.41) is 5.86. The average Bonchev–Trinajstić information content (AvgIpc) is 3.26. The molecule has 0 amide bonds. The summed E-state index contributed by atoms with van der Waals surface area (Å²) in [4.78, 5) is 23.9. The molecule has 10 rings (SSSR count). The van der Waals surface area contributed by atoms with Gasteiger partial charge in [0.25, 0.3) is 0 Å². The van der Waals surface area contributed by atoms with E-state index in [1.807, 2.05) is 30.5 Å². The van der Waals surface area contributed by atoms with E-state index in [4.69, 9.17) is 15.0 Å². The number of pyridine rings is 3. The normalized spacial score (nSPS) is 11.3. The van der Waals surface area contributed by atoms with E-state index < -0.39 is 0 Å². The second kappa shape index (κ2) is 13.3. The Balaban J connectivity index is 1.07. The molecule has 0 radical (unpaired) electrons. The molecule has 6 aromatic carbocycles. The molecule has 10 aromatic rings. The van der Waals surface area contributed by atoms with Crippen LogP contribution in [0.3, 0.4) is 0 Å². The molecular weight excluding hydrogens is 659 g/mol. The average molecular weight is 690 g/mol. The summed E-state index contributed by atoms with van der Waals surface area (Å²) in [5.41, 5.74) is 12.1. The Morgan fingerprint density at radius 2 is 0.926 bits per heavy atom. The number of hydrogen-bond donors (Lipinski definition) is 0. The molecule has 0 aliphatic heterocycles. The fourth-order valence-corrected chi connectivity index (χ4v) is 7.47. The second-order valence-corrected chi connectivity index (χ2v) is 13.3. The fourth-order valence-electron chi connectivity index (χ4n) is 7.47. The smallest absolute Gasteiger partial charge is 0.161 e. The van der Waals surface area contributed by atoms with Crippen molar-refractivity contribution < 1.29 is 0 Å². The predicted octanol–water partition coefficient (Wildman–Crippen LogP) is 12.1. The summed E-state index contributed by atoms with van der Waals surface area (Å²) < 4.78 is 0. The van der Waals surface area contributed by atoms with Crippen LogP contribution in [-0.2, 0) is 0 Å². The number of aromatic nitrogens is 5. The van der Waals surface area contributed by atoms with Crippen LogP contribution in [0.4, 0.5) is 0 Å². The van der Waals surface area contributed by atoms with Crippen molar-refractivity contribution in [1.29, 1.82) is 0 Å². The van der Waals surface area contributed by atoms with Crippen molar-refractivity contribution >= 4 is 32.4 Å². The van der Waals surface area contributed by atoms with Crippen molar-refractivity contribution in [2.45, 2.75) is 0 Å². The van der Waals surface area contributed by atoms with Crippen LogP contribution < -0.4 is 0 Å². The molecule has 0 fully saturated rings. The van der Waals surface area contributed by atoms with Gasteiger partial charge in [-0.3, -0.25) is 9.97 Å². The zero-order valence-electron chi connectivity index (χ0n) is 29.1. The van der Waals surface area contributed by atoms with E-state index in [0.717, 1.165) is 66.8 Å². The van der Waals surface area contributed by atoms with Gasteiger partial charge in [0.2, 0.25) is 0 Å². The minimum Gasteiger partial charge on any atom is -0.264 e. The molecule has 0 aliphatic rings. The first-order valence-electron chi connectivity index (χ1n) is 18.0. The minimum absolute atomic E-state index is 0.620. The molecule has 0 atom stereocenters. The van der Waals surface area contributed by atoms with Gasteiger partial charge in [-0.15, -0.1) is 0 Å². The van der Waals surface area contributed by atoms with Gasteiger partial charge in [-0.05, 0) is 86.3 Å². The van der Waals surface area contributed by atoms with Crippen LogP contribution in [0.5, 0.6) is 0 Å². The van der Waals surface area contributed by atoms with Gasteiger partial charge in [-0.25, -0.2) is 15.0 Å². The maximum Gasteiger partial charge on any atom is 0.161 e. The summed E-state index contributed by atoms with van der Waals surface area (Å²) in [6.45, 7) is 0. The maximum absolute atomic E-state index is 5.22. The third-order valence-corrected chi connectivity index (χ3v) is 10.1. The Morgan fingerprint density at radius 3 is 1.69 bits per heavy atom. The number of rotatable bonds is 6. The molecule has 54 heavy (non-hydrogen) atoms. The van der Waals surface area contributed by atoms with Crippen molar-refractivity contribution in [2.75, 3.05) is 0 Å². The number of hydrogen-bond acceptors (Lipinski definition) is 5. The van der Waals surface area contributed by atoms with Gasteiger partial charge in [0.1, 0.15) is 0 Å². The minimum atomic E-state index is 0.620. The molecule has 0 saturated heterocycles. The van der Waals surface area contributed by atoms with Crippen molar-refractivity contribution in [3.63, 3.8) is 0 Å². The van der Waals surface area contributed by atoms with Gasteiger partial charge in [0.05, 0.1) is 22.6 Å². The molecule has 252 valence electrons. The summed E-state index contributed by atoms with van der Waals surface area (Å²) >= 11 is 0. The molecule has 0 saturated carbocycles. The van der Waals surface area contributed by atoms with Crippen LogP contribution in [-0.4, -0.2) is 24.9 Å². The van der Waals surface area contributed by atoms with Crippen molar-refractivity contribution in [3.05, 3.63) is 189 Å². The number of benzene rings is 6. The Hall–Kier alpha value is -7.37. The van der Waals surface area contributed by atoms with Crippen LogP contribution >= 0.6 is 0 Å². The van der Waals surface area contributed by atoms with Crippen LogP contribution in [0, 0.1) is 0 Å². The highest BCUT2D eigenvalue weighted by Crippen LogP contribution is 2.39. The molecule has 4 aromatic heterocycles. The third-order valence-electron chi connectivity index (χ3n) is 10.1. The molecule has 0 bridgehead atoms. The summed E-state index contributed by atoms with van der Waals surface area (Å²) in [6, 6.07) is 57.3. The van der Waals surface area contributed by atoms with Crippen LogP contribution in [0.1, 0.15) is 0 Å². The lowest BCUT2D eigenvalue weighted by Crippen LogP contribution is -1.97. The molecule has 0 unspecified atom stereocenters. The lowest BCUT2D eigenvalue weighted by molar-refractivity contribution is 1.17. The topological polar surface area (TPSA) is 64.5 Å². The lowest BCUT2D eigenvalue weighted by atomic mass is 9.92. The van der Waals surface area contributed by atoms with Crippen molar-refractivity contribution in [1.82, 2.24) is 24.9 Å². The standard InChI is InChI=1S/C49H31N5/c1-2-10-32(11-3-1)43-28-45(52-44-25-22-33-12-4-5-15-39(33)48(43)44)35-20-18-34(19-21-35)38-23-24-42(41-17-7-6-16-40(38)41)47-29-46(36-13-8-26-50-30-36)53-49(54-47)37-14-9-27-51-31-37/h1-31H. The van der Waals surface area contributed by atoms with E-state index in [1.54, 1.807) is 18.6 Å². The van der Waals surface area contributed by atoms with Crippen molar-refractivity contribution in [3.8, 4) is 67.4 Å². The van der Waals surface area contributed by atoms with Gasteiger partial charge < -0.3 is 0 Å². The number of fused-ring (bicyclic) bond motifs is 4. The van der Waals surface area contributed by atoms with E-state index in [0.29, 0.717) is 5.82 Å². The molecule has 0 spiro atoms. The molecule has 0 aliphatic carbocycles. The highest BCUT2D eigenvalue weighted by Gasteiger charge is 2.16. The van der Waals surface area contributed by atoms with Gasteiger partial charge >= 0.3 is 0 Å². The first-order valence-corrected chi connectivity index (χ1v) is 18.0. The second-order valence-electron chi connectivity index (χ2n) is 13.3. The predicted molar refractivity (Wildman–Crippen MR) is 221 cm³/mol. The van der Waals surface area contributed by atoms with Gasteiger partial charge in [-0.2, -0.15) is 0 Å². The monoisotopic (exact) mass is 689 g/mol. The van der Waals surface area contributed by atoms with Crippen LogP contribution in [0.15, 0.2) is 189 Å². The van der Waals surface area contributed by atoms with E-state index in [2.05, 4.69) is 149 Å². The number of nitrogens with zero attached hydrogens (tertiary/aromatic N) is 5. The third kappa shape index (κ3) is 5.65. The summed E-state index contributed by atoms with van der Waals surface area (Å²) in [7, 11) is 0. The van der Waals surface area contributed by atoms with E-state index in [1.165, 1.54) is 27.3 Å². The molecule has 5 heteroatoms. The van der Waals surface area contributed by atoms with Gasteiger partial charge in [-0.1, -0.05) is 121 Å². The van der Waals surface area contributed by atoms with E-state index in [9.17, 15) is 0 Å². The zero-order chi connectivity index (χ0) is 35.8. The fraction of sp³-hybridized carbons (Fsp3) is 0. The summed E-state index contributed by atoms with van der Waals surface area (Å²) in [6.07, 6.45) is 7.17. The summed E-state index contributed by atoms with van der Waals surface area (Å²) in [5.74, 6) is 0.620. The highest BCUT2D eigenvalue weighted by molar-refractivity contribution is 6.14. The van der Waals surface area contributed by atoms with E-state index >= 15 is 0 Å². The Morgan fingerprint density at radius 1 is 0.333 bits per heavy atom. The van der Waals surface area contributed by atoms with Gasteiger partial charge in [0.15, 0.2) is 5.82 Å². The first-order chi connectivity index (χ1) is 26.8. The maximum atomic E-state index is 5.22. The van der Waals surface area contributed by atoms with E-state index in [-0.39, 0.29) is 0 Å². The Bertz CT molecular complexity index is 2910. The van der Waals surface area contributed by atoms with Crippen LogP contribution in [0.25, 0.3) is 99.9 Å². The molecule has 0 N–H and O–H groups in total. The zero-order valence-corrected chi connectivity index (χ0v) is 29.1. The lowest BCUT2D eigenvalue weighted by Gasteiger charge is -2.15. The molecule has 4 heterocycles. The van der Waals surface area contributed by atoms with Crippen molar-refractivity contribution in [2.24, 2.45) is 0 Å². The highest BCUT2D eigenvalue weighted by atomic mass is 14.9. The van der Waals surface area contributed by atoms with Crippen LogP contribution in [0.2, 0.25) is 0 Å². The molecular formula is C49H31N5. The first kappa shape index (κ1) is 31.4. The van der Waals surface area contributed by atoms with Gasteiger partial charge in [0, 0.05) is 52.4 Å². The molecule has 5 nitrogen and oxygen atoms in total. The Kier molecular flexibility index (Phi) is 7.73. The largest absolute Gasteiger partial charge is 0.264 e. The SMILES string of the molecule is c1ccc(-c2cc(-c3ccc(-c4ccc(-c5cc(-c6cccnc6)nc(-c6cccnc6)n5)c5ccccc45)cc3)nc3ccc4ccccc4c23)cc1.